The van der Waals surface area contributed by atoms with Gasteiger partial charge in [-0.05, 0) is 85.7 Å². The Morgan fingerprint density at radius 1 is 1.40 bits per heavy atom. The van der Waals surface area contributed by atoms with Crippen LogP contribution >= 0.6 is 45.2 Å². The molecule has 1 aliphatic rings. The molecule has 0 saturated carbocycles. The number of carbonyl (C=O) groups excluding carboxylic acids is 1. The topological polar surface area (TPSA) is 58.2 Å². The molecule has 0 radical (unpaired) electrons. The molecule has 1 fully saturated rings. The molecule has 5 nitrogen and oxygen atoms in total. The molecular formula is C13H19I2N3O2. The number of ether oxygens (including phenoxy) is 1. The summed E-state index contributed by atoms with van der Waals surface area (Å²) in [5.41, 5.74) is -0.476. The first-order valence-electron chi connectivity index (χ1n) is 6.61. The molecule has 0 spiro atoms. The number of likely N-dealkylation sites (tertiary alicyclic amines) is 1. The number of imidazole rings is 1. The summed E-state index contributed by atoms with van der Waals surface area (Å²) in [7, 11) is 0. The van der Waals surface area contributed by atoms with Crippen LogP contribution in [0.2, 0.25) is 0 Å². The van der Waals surface area contributed by atoms with Crippen LogP contribution in [0.4, 0.5) is 4.79 Å². The minimum Gasteiger partial charge on any atom is -0.444 e. The fourth-order valence-electron chi connectivity index (χ4n) is 2.38. The van der Waals surface area contributed by atoms with Crippen molar-refractivity contribution >= 4 is 51.3 Å². The van der Waals surface area contributed by atoms with Crippen molar-refractivity contribution in [3.05, 3.63) is 13.2 Å². The van der Waals surface area contributed by atoms with E-state index in [0.29, 0.717) is 0 Å². The summed E-state index contributed by atoms with van der Waals surface area (Å²) in [6.45, 7) is 7.72. The lowest BCUT2D eigenvalue weighted by atomic mass is 10.2. The number of aromatic nitrogens is 2. The van der Waals surface area contributed by atoms with Gasteiger partial charge in [-0.1, -0.05) is 0 Å². The second-order valence-electron chi connectivity index (χ2n) is 6.06. The number of nitrogens with one attached hydrogen (secondary N) is 1. The van der Waals surface area contributed by atoms with Crippen LogP contribution in [0, 0.1) is 7.40 Å². The van der Waals surface area contributed by atoms with Gasteiger partial charge in [-0.25, -0.2) is 9.78 Å². The van der Waals surface area contributed by atoms with Crippen molar-refractivity contribution in [3.63, 3.8) is 0 Å². The van der Waals surface area contributed by atoms with Gasteiger partial charge in [0.15, 0.2) is 0 Å². The Balaban J connectivity index is 2.22. The van der Waals surface area contributed by atoms with E-state index in [1.165, 1.54) is 0 Å². The van der Waals surface area contributed by atoms with E-state index in [4.69, 9.17) is 4.74 Å². The molecule has 1 aromatic rings. The monoisotopic (exact) mass is 503 g/mol. The lowest BCUT2D eigenvalue weighted by molar-refractivity contribution is 0.0151. The molecule has 2 heterocycles. The third-order valence-electron chi connectivity index (χ3n) is 3.23. The first-order chi connectivity index (χ1) is 9.19. The zero-order valence-electron chi connectivity index (χ0n) is 12.0. The molecule has 1 aromatic heterocycles. The van der Waals surface area contributed by atoms with Crippen LogP contribution in [-0.4, -0.2) is 32.6 Å². The van der Waals surface area contributed by atoms with Gasteiger partial charge < -0.3 is 9.72 Å². The number of aromatic amines is 1. The van der Waals surface area contributed by atoms with Gasteiger partial charge >= 0.3 is 6.09 Å². The zero-order chi connectivity index (χ0) is 15.1. The Morgan fingerprint density at radius 2 is 2.05 bits per heavy atom. The molecule has 112 valence electrons. The average Bonchev–Trinajstić information content (AvgIpc) is 2.81. The van der Waals surface area contributed by atoms with Gasteiger partial charge in [0, 0.05) is 6.04 Å². The van der Waals surface area contributed by atoms with Gasteiger partial charge in [-0.2, -0.15) is 0 Å². The van der Waals surface area contributed by atoms with Gasteiger partial charge in [0.05, 0.1) is 6.04 Å². The molecule has 2 atom stereocenters. The molecule has 1 amide bonds. The van der Waals surface area contributed by atoms with Crippen molar-refractivity contribution in [1.82, 2.24) is 14.9 Å². The molecule has 1 N–H and O–H groups in total. The van der Waals surface area contributed by atoms with Crippen LogP contribution in [0.15, 0.2) is 0 Å². The van der Waals surface area contributed by atoms with E-state index in [1.54, 1.807) is 0 Å². The molecule has 0 aliphatic carbocycles. The number of amides is 1. The Hall–Kier alpha value is -0.0600. The quantitative estimate of drug-likeness (QED) is 0.589. The van der Waals surface area contributed by atoms with Gasteiger partial charge in [-0.15, -0.1) is 0 Å². The number of rotatable bonds is 1. The summed E-state index contributed by atoms with van der Waals surface area (Å²) in [5.74, 6) is 0.856. The fourth-order valence-corrected chi connectivity index (χ4v) is 3.17. The van der Waals surface area contributed by atoms with Crippen molar-refractivity contribution in [2.45, 2.75) is 58.2 Å². The summed E-state index contributed by atoms with van der Waals surface area (Å²) in [4.78, 5) is 22.0. The third-order valence-corrected chi connectivity index (χ3v) is 5.82. The van der Waals surface area contributed by atoms with Crippen molar-refractivity contribution in [1.29, 1.82) is 0 Å². The van der Waals surface area contributed by atoms with Crippen LogP contribution < -0.4 is 0 Å². The van der Waals surface area contributed by atoms with Gasteiger partial charge in [0.1, 0.15) is 18.8 Å². The van der Waals surface area contributed by atoms with E-state index in [-0.39, 0.29) is 18.2 Å². The maximum absolute atomic E-state index is 12.4. The fraction of sp³-hybridized carbons (Fsp3) is 0.692. The Morgan fingerprint density at radius 3 is 2.55 bits per heavy atom. The molecular weight excluding hydrogens is 484 g/mol. The van der Waals surface area contributed by atoms with E-state index < -0.39 is 5.60 Å². The molecule has 20 heavy (non-hydrogen) atoms. The van der Waals surface area contributed by atoms with Crippen LogP contribution in [-0.2, 0) is 4.74 Å². The Kier molecular flexibility index (Phi) is 4.87. The molecule has 1 saturated heterocycles. The summed E-state index contributed by atoms with van der Waals surface area (Å²) in [5, 5.41) is 0. The van der Waals surface area contributed by atoms with Crippen molar-refractivity contribution < 1.29 is 9.53 Å². The smallest absolute Gasteiger partial charge is 0.411 e. The number of hydrogen-bond donors (Lipinski definition) is 1. The van der Waals surface area contributed by atoms with Crippen LogP contribution in [0.1, 0.15) is 52.4 Å². The van der Waals surface area contributed by atoms with Crippen molar-refractivity contribution in [2.75, 3.05) is 0 Å². The van der Waals surface area contributed by atoms with Crippen LogP contribution in [0.3, 0.4) is 0 Å². The molecule has 0 bridgehead atoms. The second-order valence-corrected chi connectivity index (χ2v) is 8.16. The average molecular weight is 503 g/mol. The van der Waals surface area contributed by atoms with Gasteiger partial charge in [0.25, 0.3) is 0 Å². The van der Waals surface area contributed by atoms with Gasteiger partial charge in [0.2, 0.25) is 0 Å². The highest BCUT2D eigenvalue weighted by atomic mass is 127. The minimum atomic E-state index is -0.476. The summed E-state index contributed by atoms with van der Waals surface area (Å²) < 4.78 is 7.48. The summed E-state index contributed by atoms with van der Waals surface area (Å²) >= 11 is 4.42. The minimum absolute atomic E-state index is 0.0168. The Labute approximate surface area is 146 Å². The Bertz CT molecular complexity index is 491. The van der Waals surface area contributed by atoms with Gasteiger partial charge in [-0.3, -0.25) is 4.90 Å². The number of carbonyl (C=O) groups is 1. The highest BCUT2D eigenvalue weighted by Crippen LogP contribution is 2.36. The number of hydrogen-bond acceptors (Lipinski definition) is 3. The highest BCUT2D eigenvalue weighted by Gasteiger charge is 2.39. The second kappa shape index (κ2) is 5.98. The molecule has 7 heteroatoms. The molecule has 2 unspecified atom stereocenters. The number of nitrogens with zero attached hydrogens (tertiary/aromatic N) is 2. The SMILES string of the molecule is CC1CCC(c2nc(I)c(I)[nH]2)N1C(=O)OC(C)(C)C. The predicted octanol–water partition coefficient (Wildman–Crippen LogP) is 4.08. The molecule has 0 aromatic carbocycles. The molecule has 1 aliphatic heterocycles. The van der Waals surface area contributed by atoms with E-state index in [1.807, 2.05) is 25.7 Å². The van der Waals surface area contributed by atoms with E-state index in [0.717, 1.165) is 26.1 Å². The third kappa shape index (κ3) is 3.58. The van der Waals surface area contributed by atoms with Crippen molar-refractivity contribution in [3.8, 4) is 0 Å². The van der Waals surface area contributed by atoms with E-state index >= 15 is 0 Å². The standard InChI is InChI=1S/C13H19I2N3O2/c1-7-5-6-8(11-16-9(14)10(15)17-11)18(7)12(19)20-13(2,3)4/h7-8H,5-6H2,1-4H3,(H,16,17). The van der Waals surface area contributed by atoms with Crippen LogP contribution in [0.25, 0.3) is 0 Å². The lowest BCUT2D eigenvalue weighted by Gasteiger charge is -2.30. The maximum atomic E-state index is 12.4. The highest BCUT2D eigenvalue weighted by molar-refractivity contribution is 14.1. The lowest BCUT2D eigenvalue weighted by Crippen LogP contribution is -2.40. The van der Waals surface area contributed by atoms with Crippen LogP contribution in [0.5, 0.6) is 0 Å². The normalized spacial score (nSPS) is 23.2. The number of H-pyrrole nitrogens is 1. The predicted molar refractivity (Wildman–Crippen MR) is 93.5 cm³/mol. The first-order valence-corrected chi connectivity index (χ1v) is 8.77. The molecule has 2 rings (SSSR count). The van der Waals surface area contributed by atoms with E-state index in [2.05, 4.69) is 62.1 Å². The van der Waals surface area contributed by atoms with E-state index in [9.17, 15) is 4.79 Å². The number of halogens is 2. The summed E-state index contributed by atoms with van der Waals surface area (Å²) in [6, 6.07) is 0.159. The van der Waals surface area contributed by atoms with Crippen molar-refractivity contribution in [2.24, 2.45) is 0 Å². The largest absolute Gasteiger partial charge is 0.444 e. The first kappa shape index (κ1) is 16.3. The zero-order valence-corrected chi connectivity index (χ0v) is 16.4. The maximum Gasteiger partial charge on any atom is 0.411 e. The summed E-state index contributed by atoms with van der Waals surface area (Å²) in [6.07, 6.45) is 1.63.